The Hall–Kier alpha value is -4.37. The first-order valence-corrected chi connectivity index (χ1v) is 11.2. The molecule has 0 radical (unpaired) electrons. The van der Waals surface area contributed by atoms with Crippen LogP contribution in [0.25, 0.3) is 27.7 Å². The molecular weight excluding hydrogens is 424 g/mol. The first-order chi connectivity index (χ1) is 16.6. The van der Waals surface area contributed by atoms with E-state index in [4.69, 9.17) is 10.5 Å². The Kier molecular flexibility index (Phi) is 5.60. The van der Waals surface area contributed by atoms with Crippen LogP contribution in [0.2, 0.25) is 0 Å². The fourth-order valence-electron chi connectivity index (χ4n) is 4.60. The maximum Gasteiger partial charge on any atom is 0.205 e. The monoisotopic (exact) mass is 448 g/mol. The molecule has 0 fully saturated rings. The van der Waals surface area contributed by atoms with Crippen LogP contribution in [0.1, 0.15) is 25.5 Å². The molecule has 1 aliphatic rings. The summed E-state index contributed by atoms with van der Waals surface area (Å²) in [7, 11) is 0. The van der Waals surface area contributed by atoms with Crippen LogP contribution in [-0.2, 0) is 11.3 Å². The van der Waals surface area contributed by atoms with Crippen molar-refractivity contribution >= 4 is 28.2 Å². The molecule has 0 saturated heterocycles. The minimum absolute atomic E-state index is 0.0439. The van der Waals surface area contributed by atoms with Gasteiger partial charge in [-0.2, -0.15) is 0 Å². The first kappa shape index (κ1) is 21.5. The number of anilines is 1. The second-order valence-corrected chi connectivity index (χ2v) is 8.29. The van der Waals surface area contributed by atoms with Gasteiger partial charge in [-0.3, -0.25) is 4.79 Å². The number of hydrogen-bond donors (Lipinski definition) is 1. The third kappa shape index (κ3) is 3.82. The zero-order valence-corrected chi connectivity index (χ0v) is 18.9. The number of ether oxygens (including phenoxy) is 1. The van der Waals surface area contributed by atoms with Crippen molar-refractivity contribution in [2.24, 2.45) is 5.92 Å². The maximum atomic E-state index is 12.0. The van der Waals surface area contributed by atoms with Gasteiger partial charge in [0.25, 0.3) is 0 Å². The van der Waals surface area contributed by atoms with E-state index in [0.29, 0.717) is 25.2 Å². The van der Waals surface area contributed by atoms with Crippen LogP contribution in [0, 0.1) is 17.8 Å². The fraction of sp³-hybridized carbons (Fsp3) is 0.179. The summed E-state index contributed by atoms with van der Waals surface area (Å²) < 4.78 is 8.10. The Balaban J connectivity index is 1.52. The van der Waals surface area contributed by atoms with Crippen molar-refractivity contribution in [2.45, 2.75) is 26.3 Å². The number of nitrogen functional groups attached to an aromatic ring is 1. The highest BCUT2D eigenvalue weighted by Crippen LogP contribution is 2.47. The van der Waals surface area contributed by atoms with Crippen molar-refractivity contribution in [3.63, 3.8) is 0 Å². The highest BCUT2D eigenvalue weighted by molar-refractivity contribution is 6.06. The van der Waals surface area contributed by atoms with Gasteiger partial charge in [0.1, 0.15) is 29.3 Å². The lowest BCUT2D eigenvalue weighted by Gasteiger charge is -2.12. The van der Waals surface area contributed by atoms with E-state index >= 15 is 0 Å². The van der Waals surface area contributed by atoms with E-state index in [1.165, 1.54) is 6.33 Å². The molecule has 34 heavy (non-hydrogen) atoms. The molecule has 3 heterocycles. The van der Waals surface area contributed by atoms with E-state index < -0.39 is 0 Å². The lowest BCUT2D eigenvalue weighted by atomic mass is 9.91. The van der Waals surface area contributed by atoms with Crippen molar-refractivity contribution in [1.29, 1.82) is 0 Å². The lowest BCUT2D eigenvalue weighted by molar-refractivity contribution is -0.114. The van der Waals surface area contributed by atoms with E-state index in [0.717, 1.165) is 44.9 Å². The molecule has 0 amide bonds. The largest absolute Gasteiger partial charge is 0.457 e. The van der Waals surface area contributed by atoms with Crippen molar-refractivity contribution in [2.75, 3.05) is 5.73 Å². The van der Waals surface area contributed by atoms with Gasteiger partial charge in [0.2, 0.25) is 5.78 Å². The Morgan fingerprint density at radius 2 is 1.88 bits per heavy atom. The molecule has 0 aliphatic carbocycles. The van der Waals surface area contributed by atoms with E-state index in [1.54, 1.807) is 6.92 Å². The average Bonchev–Trinajstić information content (AvgIpc) is 3.34. The van der Waals surface area contributed by atoms with Crippen LogP contribution in [0.3, 0.4) is 0 Å². The zero-order chi connectivity index (χ0) is 23.7. The molecule has 0 bridgehead atoms. The normalized spacial score (nSPS) is 14.5. The summed E-state index contributed by atoms with van der Waals surface area (Å²) in [6, 6.07) is 17.6. The predicted octanol–water partition coefficient (Wildman–Crippen LogP) is 5.49. The fourth-order valence-corrected chi connectivity index (χ4v) is 4.60. The standard InChI is InChI=1S/C28H24N4O2/c1-3-7-21(33)13-10-20-16-32-26(18(20)2)24(25-27(29)30-17-31-28(25)32)19-11-14-23(15-12-19)34-22-8-5-4-6-9-22/h4-6,8-9,11-12,14-15,17,20H,2,10,13,16H2,1H3,(H2,29,30,31)/t20-/m0/s1. The number of carbonyl (C=O) groups is 1. The van der Waals surface area contributed by atoms with Gasteiger partial charge >= 0.3 is 0 Å². The minimum atomic E-state index is -0.0439. The molecule has 1 aliphatic heterocycles. The molecule has 4 aromatic rings. The van der Waals surface area contributed by atoms with Crippen LogP contribution in [0.4, 0.5) is 5.82 Å². The van der Waals surface area contributed by atoms with E-state index in [9.17, 15) is 4.79 Å². The Morgan fingerprint density at radius 3 is 2.62 bits per heavy atom. The van der Waals surface area contributed by atoms with Crippen molar-refractivity contribution in [3.05, 3.63) is 73.2 Å². The second kappa shape index (κ2) is 8.87. The Morgan fingerprint density at radius 1 is 1.15 bits per heavy atom. The summed E-state index contributed by atoms with van der Waals surface area (Å²) in [5, 5.41) is 0.821. The number of para-hydroxylation sites is 1. The minimum Gasteiger partial charge on any atom is -0.457 e. The Labute approximate surface area is 198 Å². The molecule has 6 heteroatoms. The number of carbonyl (C=O) groups excluding carboxylic acids is 1. The molecule has 0 spiro atoms. The van der Waals surface area contributed by atoms with Gasteiger partial charge in [-0.05, 0) is 54.7 Å². The molecular formula is C28H24N4O2. The Bertz CT molecular complexity index is 1460. The van der Waals surface area contributed by atoms with Gasteiger partial charge in [-0.25, -0.2) is 9.97 Å². The number of nitrogens with zero attached hydrogens (tertiary/aromatic N) is 3. The third-order valence-electron chi connectivity index (χ3n) is 6.18. The molecule has 2 N–H and O–H groups in total. The summed E-state index contributed by atoms with van der Waals surface area (Å²) in [5.74, 6) is 7.35. The number of rotatable bonds is 6. The van der Waals surface area contributed by atoms with E-state index in [2.05, 4.69) is 33.0 Å². The summed E-state index contributed by atoms with van der Waals surface area (Å²) in [6.07, 6.45) is 2.59. The van der Waals surface area contributed by atoms with Gasteiger partial charge in [0.05, 0.1) is 11.1 Å². The number of aromatic nitrogens is 3. The van der Waals surface area contributed by atoms with Crippen molar-refractivity contribution in [1.82, 2.24) is 14.5 Å². The van der Waals surface area contributed by atoms with Crippen LogP contribution in [0.15, 0.2) is 67.5 Å². The SMILES string of the molecule is C=C1c2c(-c3ccc(Oc4ccccc4)cc3)c3c(N)ncnc3n2C[C@@H]1CCC(=O)C#CC. The molecule has 2 aromatic heterocycles. The zero-order valence-electron chi connectivity index (χ0n) is 18.9. The predicted molar refractivity (Wildman–Crippen MR) is 134 cm³/mol. The second-order valence-electron chi connectivity index (χ2n) is 8.29. The molecule has 0 saturated carbocycles. The molecule has 6 nitrogen and oxygen atoms in total. The number of nitrogens with two attached hydrogens (primary N) is 1. The molecule has 5 rings (SSSR count). The number of allylic oxidation sites excluding steroid dienone is 1. The number of benzene rings is 2. The number of hydrogen-bond acceptors (Lipinski definition) is 5. The number of fused-ring (bicyclic) bond motifs is 3. The third-order valence-corrected chi connectivity index (χ3v) is 6.18. The van der Waals surface area contributed by atoms with Crippen molar-refractivity contribution < 1.29 is 9.53 Å². The van der Waals surface area contributed by atoms with Crippen LogP contribution in [-0.4, -0.2) is 20.3 Å². The van der Waals surface area contributed by atoms with Crippen LogP contribution < -0.4 is 10.5 Å². The molecule has 2 aromatic carbocycles. The van der Waals surface area contributed by atoms with E-state index in [-0.39, 0.29) is 11.7 Å². The molecule has 0 unspecified atom stereocenters. The topological polar surface area (TPSA) is 83.0 Å². The molecule has 1 atom stereocenters. The number of ketones is 1. The smallest absolute Gasteiger partial charge is 0.205 e. The lowest BCUT2D eigenvalue weighted by Crippen LogP contribution is -2.06. The molecule has 168 valence electrons. The highest BCUT2D eigenvalue weighted by atomic mass is 16.5. The van der Waals surface area contributed by atoms with Crippen LogP contribution >= 0.6 is 0 Å². The van der Waals surface area contributed by atoms with Gasteiger partial charge < -0.3 is 15.0 Å². The van der Waals surface area contributed by atoms with E-state index in [1.807, 2.05) is 54.6 Å². The number of Topliss-reactive ketones (excluding diaryl/α,β-unsaturated/α-hetero) is 1. The average molecular weight is 449 g/mol. The van der Waals surface area contributed by atoms with Crippen molar-refractivity contribution in [3.8, 4) is 34.5 Å². The highest BCUT2D eigenvalue weighted by Gasteiger charge is 2.33. The maximum absolute atomic E-state index is 12.0. The summed E-state index contributed by atoms with van der Waals surface area (Å²) in [4.78, 5) is 20.8. The van der Waals surface area contributed by atoms with Crippen LogP contribution in [0.5, 0.6) is 11.5 Å². The van der Waals surface area contributed by atoms with Gasteiger partial charge in [-0.1, -0.05) is 42.8 Å². The van der Waals surface area contributed by atoms with Gasteiger partial charge in [-0.15, -0.1) is 0 Å². The van der Waals surface area contributed by atoms with Gasteiger partial charge in [0.15, 0.2) is 0 Å². The quantitative estimate of drug-likeness (QED) is 0.312. The first-order valence-electron chi connectivity index (χ1n) is 11.2. The summed E-state index contributed by atoms with van der Waals surface area (Å²) in [6.45, 7) is 6.78. The summed E-state index contributed by atoms with van der Waals surface area (Å²) >= 11 is 0. The van der Waals surface area contributed by atoms with Gasteiger partial charge in [0, 0.05) is 24.4 Å². The summed E-state index contributed by atoms with van der Waals surface area (Å²) in [5.41, 5.74) is 11.0.